The Labute approximate surface area is 105 Å². The predicted molar refractivity (Wildman–Crippen MR) is 68.7 cm³/mol. The molecule has 0 aromatic carbocycles. The second-order valence-corrected chi connectivity index (χ2v) is 6.12. The van der Waals surface area contributed by atoms with E-state index in [1.54, 1.807) is 0 Å². The Kier molecular flexibility index (Phi) is 3.66. The summed E-state index contributed by atoms with van der Waals surface area (Å²) in [5, 5.41) is 12.9. The van der Waals surface area contributed by atoms with Crippen LogP contribution in [-0.2, 0) is 0 Å². The van der Waals surface area contributed by atoms with E-state index in [-0.39, 0.29) is 0 Å². The fourth-order valence-corrected chi connectivity index (χ4v) is 3.41. The molecule has 1 aliphatic carbocycles. The number of nitrogens with zero attached hydrogens (tertiary/aromatic N) is 1. The van der Waals surface area contributed by atoms with Gasteiger partial charge in [0.1, 0.15) is 4.88 Å². The Morgan fingerprint density at radius 3 is 2.59 bits per heavy atom. The smallest absolute Gasteiger partial charge is 0.347 e. The minimum Gasteiger partial charge on any atom is -0.477 e. The van der Waals surface area contributed by atoms with Crippen LogP contribution in [0.3, 0.4) is 0 Å². The zero-order valence-electron chi connectivity index (χ0n) is 10.1. The lowest BCUT2D eigenvalue weighted by molar-refractivity contribution is 0.0702. The van der Waals surface area contributed by atoms with Gasteiger partial charge in [0.15, 0.2) is 5.13 Å². The predicted octanol–water partition coefficient (Wildman–Crippen LogP) is 3.08. The van der Waals surface area contributed by atoms with Gasteiger partial charge in [-0.05, 0) is 31.1 Å². The van der Waals surface area contributed by atoms with Crippen LogP contribution >= 0.6 is 11.3 Å². The molecular formula is C12H18N2O2S. The van der Waals surface area contributed by atoms with Gasteiger partial charge < -0.3 is 10.4 Å². The lowest BCUT2D eigenvalue weighted by atomic mass is 9.80. The number of aromatic nitrogens is 1. The molecule has 94 valence electrons. The highest BCUT2D eigenvalue weighted by Crippen LogP contribution is 2.31. The number of carboxylic acids is 1. The van der Waals surface area contributed by atoms with Gasteiger partial charge in [0.05, 0.1) is 6.20 Å². The van der Waals surface area contributed by atoms with Crippen molar-refractivity contribution in [3.8, 4) is 0 Å². The Hall–Kier alpha value is -1.10. The normalized spacial score (nSPS) is 28.9. The number of rotatable bonds is 3. The molecule has 17 heavy (non-hydrogen) atoms. The molecule has 2 atom stereocenters. The van der Waals surface area contributed by atoms with Crippen LogP contribution in [0.5, 0.6) is 0 Å². The molecule has 1 aromatic heterocycles. The van der Waals surface area contributed by atoms with Gasteiger partial charge in [-0.1, -0.05) is 25.2 Å². The maximum Gasteiger partial charge on any atom is 0.347 e. The monoisotopic (exact) mass is 254 g/mol. The molecule has 2 unspecified atom stereocenters. The molecule has 1 heterocycles. The topological polar surface area (TPSA) is 62.2 Å². The molecule has 5 heteroatoms. The molecule has 0 aliphatic heterocycles. The van der Waals surface area contributed by atoms with Crippen molar-refractivity contribution in [3.05, 3.63) is 11.1 Å². The first-order valence-corrected chi connectivity index (χ1v) is 6.82. The summed E-state index contributed by atoms with van der Waals surface area (Å²) in [5.74, 6) is 0.561. The summed E-state index contributed by atoms with van der Waals surface area (Å²) in [5.41, 5.74) is 0. The summed E-state index contributed by atoms with van der Waals surface area (Å²) in [6.45, 7) is 4.55. The van der Waals surface area contributed by atoms with E-state index in [1.165, 1.54) is 24.0 Å². The quantitative estimate of drug-likeness (QED) is 0.870. The van der Waals surface area contributed by atoms with Crippen molar-refractivity contribution in [2.24, 2.45) is 11.8 Å². The van der Waals surface area contributed by atoms with Crippen molar-refractivity contribution in [3.63, 3.8) is 0 Å². The third kappa shape index (κ3) is 3.19. The molecule has 0 radical (unpaired) electrons. The number of hydrogen-bond donors (Lipinski definition) is 2. The summed E-state index contributed by atoms with van der Waals surface area (Å²) >= 11 is 1.22. The third-order valence-corrected chi connectivity index (χ3v) is 4.14. The highest BCUT2D eigenvalue weighted by Gasteiger charge is 2.24. The van der Waals surface area contributed by atoms with E-state index < -0.39 is 5.97 Å². The Morgan fingerprint density at radius 2 is 2.06 bits per heavy atom. The zero-order valence-corrected chi connectivity index (χ0v) is 11.0. The molecule has 4 nitrogen and oxygen atoms in total. The highest BCUT2D eigenvalue weighted by molar-refractivity contribution is 7.17. The van der Waals surface area contributed by atoms with Crippen molar-refractivity contribution >= 4 is 22.4 Å². The molecule has 1 aliphatic rings. The molecule has 1 fully saturated rings. The summed E-state index contributed by atoms with van der Waals surface area (Å²) < 4.78 is 0. The second kappa shape index (κ2) is 5.04. The van der Waals surface area contributed by atoms with E-state index in [4.69, 9.17) is 5.11 Å². The minimum atomic E-state index is -0.902. The number of anilines is 1. The van der Waals surface area contributed by atoms with E-state index in [0.717, 1.165) is 29.8 Å². The van der Waals surface area contributed by atoms with Crippen molar-refractivity contribution in [1.82, 2.24) is 4.98 Å². The molecule has 1 aromatic rings. The first kappa shape index (κ1) is 12.4. The average molecular weight is 254 g/mol. The van der Waals surface area contributed by atoms with Crippen LogP contribution in [0.4, 0.5) is 5.13 Å². The molecule has 0 amide bonds. The van der Waals surface area contributed by atoms with Crippen molar-refractivity contribution in [2.75, 3.05) is 5.32 Å². The molecule has 0 bridgehead atoms. The van der Waals surface area contributed by atoms with Crippen molar-refractivity contribution in [1.29, 1.82) is 0 Å². The first-order valence-electron chi connectivity index (χ1n) is 6.00. The second-order valence-electron chi connectivity index (χ2n) is 5.09. The van der Waals surface area contributed by atoms with Crippen LogP contribution in [0, 0.1) is 11.8 Å². The fourth-order valence-electron chi connectivity index (χ4n) is 2.68. The van der Waals surface area contributed by atoms with E-state index in [0.29, 0.717) is 10.9 Å². The van der Waals surface area contributed by atoms with Gasteiger partial charge in [-0.2, -0.15) is 0 Å². The average Bonchev–Trinajstić information content (AvgIpc) is 2.64. The van der Waals surface area contributed by atoms with Crippen molar-refractivity contribution < 1.29 is 9.90 Å². The summed E-state index contributed by atoms with van der Waals surface area (Å²) in [4.78, 5) is 15.2. The van der Waals surface area contributed by atoms with Crippen LogP contribution in [-0.4, -0.2) is 22.1 Å². The maximum atomic E-state index is 10.8. The number of nitrogens with one attached hydrogen (secondary N) is 1. The van der Waals surface area contributed by atoms with Crippen LogP contribution in [0.15, 0.2) is 6.20 Å². The maximum absolute atomic E-state index is 10.8. The van der Waals surface area contributed by atoms with Gasteiger partial charge in [0.25, 0.3) is 0 Å². The Bertz CT molecular complexity index is 395. The van der Waals surface area contributed by atoms with Crippen molar-refractivity contribution in [2.45, 2.75) is 39.2 Å². The molecule has 2 rings (SSSR count). The molecular weight excluding hydrogens is 236 g/mol. The lowest BCUT2D eigenvalue weighted by Gasteiger charge is -2.31. The fraction of sp³-hybridized carbons (Fsp3) is 0.667. The molecule has 1 saturated carbocycles. The molecule has 0 spiro atoms. The van der Waals surface area contributed by atoms with E-state index in [9.17, 15) is 4.79 Å². The van der Waals surface area contributed by atoms with E-state index >= 15 is 0 Å². The molecule has 0 saturated heterocycles. The summed E-state index contributed by atoms with van der Waals surface area (Å²) in [6, 6.07) is 0.432. The SMILES string of the molecule is CC1CC(C)CC(Nc2ncc(C(=O)O)s2)C1. The van der Waals surface area contributed by atoms with Gasteiger partial charge in [-0.3, -0.25) is 0 Å². The van der Waals surface area contributed by atoms with Crippen LogP contribution in [0.1, 0.15) is 42.8 Å². The van der Waals surface area contributed by atoms with Crippen LogP contribution in [0.2, 0.25) is 0 Å². The minimum absolute atomic E-state index is 0.296. The Morgan fingerprint density at radius 1 is 1.41 bits per heavy atom. The van der Waals surface area contributed by atoms with Gasteiger partial charge in [-0.15, -0.1) is 0 Å². The van der Waals surface area contributed by atoms with Crippen LogP contribution < -0.4 is 5.32 Å². The van der Waals surface area contributed by atoms with Gasteiger partial charge in [0, 0.05) is 6.04 Å². The third-order valence-electron chi connectivity index (χ3n) is 3.22. The van der Waals surface area contributed by atoms with Gasteiger partial charge in [-0.25, -0.2) is 9.78 Å². The standard InChI is InChI=1S/C12H18N2O2S/c1-7-3-8(2)5-9(4-7)14-12-13-6-10(17-12)11(15)16/h6-9H,3-5H2,1-2H3,(H,13,14)(H,15,16). The number of carbonyl (C=O) groups is 1. The van der Waals surface area contributed by atoms with Crippen LogP contribution in [0.25, 0.3) is 0 Å². The summed E-state index contributed by atoms with van der Waals surface area (Å²) in [7, 11) is 0. The lowest BCUT2D eigenvalue weighted by Crippen LogP contribution is -2.30. The number of hydrogen-bond acceptors (Lipinski definition) is 4. The van der Waals surface area contributed by atoms with E-state index in [2.05, 4.69) is 24.1 Å². The largest absolute Gasteiger partial charge is 0.477 e. The number of thiazole rings is 1. The number of aromatic carboxylic acids is 1. The highest BCUT2D eigenvalue weighted by atomic mass is 32.1. The summed E-state index contributed by atoms with van der Waals surface area (Å²) in [6.07, 6.45) is 5.00. The molecule has 2 N–H and O–H groups in total. The van der Waals surface area contributed by atoms with E-state index in [1.807, 2.05) is 0 Å². The Balaban J connectivity index is 1.97. The van der Waals surface area contributed by atoms with Gasteiger partial charge in [0.2, 0.25) is 0 Å². The van der Waals surface area contributed by atoms with Gasteiger partial charge >= 0.3 is 5.97 Å². The first-order chi connectivity index (χ1) is 8.04. The zero-order chi connectivity index (χ0) is 12.4. The number of carboxylic acid groups (broad SMARTS) is 1.